The number of carbonyl (C=O) groups excluding carboxylic acids is 1. The van der Waals surface area contributed by atoms with Crippen LogP contribution in [0.4, 0.5) is 0 Å². The van der Waals surface area contributed by atoms with Crippen molar-refractivity contribution in [3.63, 3.8) is 0 Å². The van der Waals surface area contributed by atoms with Crippen LogP contribution in [0.3, 0.4) is 0 Å². The average Bonchev–Trinajstić information content (AvgIpc) is 2.20. The molecule has 0 saturated heterocycles. The molecule has 0 atom stereocenters. The van der Waals surface area contributed by atoms with E-state index >= 15 is 0 Å². The number of ketones is 1. The number of hydrogen-bond acceptors (Lipinski definition) is 2. The molecule has 1 aromatic rings. The zero-order valence-electron chi connectivity index (χ0n) is 11.8. The van der Waals surface area contributed by atoms with E-state index in [1.54, 1.807) is 6.92 Å². The van der Waals surface area contributed by atoms with Gasteiger partial charge in [0.2, 0.25) is 0 Å². The first-order chi connectivity index (χ1) is 7.82. The molecule has 0 amide bonds. The topological polar surface area (TPSA) is 20.3 Å². The highest BCUT2D eigenvalue weighted by Crippen LogP contribution is 2.22. The van der Waals surface area contributed by atoms with Crippen LogP contribution in [0.25, 0.3) is 0 Å². The summed E-state index contributed by atoms with van der Waals surface area (Å²) in [5, 5.41) is 0. The lowest BCUT2D eigenvalue weighted by molar-refractivity contribution is -0.117. The maximum absolute atomic E-state index is 11.1. The van der Waals surface area contributed by atoms with E-state index in [0.29, 0.717) is 6.54 Å². The molecule has 0 saturated carbocycles. The van der Waals surface area contributed by atoms with Crippen LogP contribution in [0.15, 0.2) is 6.07 Å². The Balaban J connectivity index is 3.01. The Morgan fingerprint density at radius 1 is 1.12 bits per heavy atom. The van der Waals surface area contributed by atoms with Crippen molar-refractivity contribution in [1.82, 2.24) is 4.90 Å². The fourth-order valence-corrected chi connectivity index (χ4v) is 2.24. The van der Waals surface area contributed by atoms with Crippen molar-refractivity contribution in [2.45, 2.75) is 41.2 Å². The molecule has 0 fully saturated rings. The van der Waals surface area contributed by atoms with Crippen LogP contribution < -0.4 is 0 Å². The second kappa shape index (κ2) is 5.46. The zero-order valence-corrected chi connectivity index (χ0v) is 11.8. The molecule has 0 aromatic heterocycles. The van der Waals surface area contributed by atoms with Crippen LogP contribution >= 0.6 is 0 Å². The van der Waals surface area contributed by atoms with Gasteiger partial charge in [-0.05, 0) is 69.5 Å². The first kappa shape index (κ1) is 13.9. The van der Waals surface area contributed by atoms with Gasteiger partial charge >= 0.3 is 0 Å². The third-order valence-corrected chi connectivity index (χ3v) is 3.44. The summed E-state index contributed by atoms with van der Waals surface area (Å²) in [5.74, 6) is 0.215. The van der Waals surface area contributed by atoms with Crippen molar-refractivity contribution >= 4 is 5.78 Å². The summed E-state index contributed by atoms with van der Waals surface area (Å²) in [6, 6.07) is 2.24. The number of nitrogens with zero attached hydrogens (tertiary/aromatic N) is 1. The van der Waals surface area contributed by atoms with Gasteiger partial charge < -0.3 is 0 Å². The minimum Gasteiger partial charge on any atom is -0.299 e. The van der Waals surface area contributed by atoms with E-state index < -0.39 is 0 Å². The van der Waals surface area contributed by atoms with E-state index in [1.807, 2.05) is 7.05 Å². The molecule has 0 N–H and O–H groups in total. The molecule has 0 aliphatic carbocycles. The summed E-state index contributed by atoms with van der Waals surface area (Å²) in [7, 11) is 2.00. The third-order valence-electron chi connectivity index (χ3n) is 3.44. The molecule has 0 bridgehead atoms. The summed E-state index contributed by atoms with van der Waals surface area (Å²) >= 11 is 0. The van der Waals surface area contributed by atoms with Crippen molar-refractivity contribution in [3.05, 3.63) is 33.9 Å². The normalized spacial score (nSPS) is 11.0. The molecule has 0 radical (unpaired) electrons. The lowest BCUT2D eigenvalue weighted by Gasteiger charge is -2.21. The molecule has 1 aromatic carbocycles. The maximum Gasteiger partial charge on any atom is 0.143 e. The molecular weight excluding hydrogens is 210 g/mol. The third kappa shape index (κ3) is 3.40. The maximum atomic E-state index is 11.1. The lowest BCUT2D eigenvalue weighted by atomic mass is 9.94. The summed E-state index contributed by atoms with van der Waals surface area (Å²) in [6.07, 6.45) is 0. The first-order valence-corrected chi connectivity index (χ1v) is 6.07. The van der Waals surface area contributed by atoms with Gasteiger partial charge in [0.1, 0.15) is 5.78 Å². The van der Waals surface area contributed by atoms with E-state index in [1.165, 1.54) is 27.8 Å². The van der Waals surface area contributed by atoms with Gasteiger partial charge in [0.15, 0.2) is 0 Å². The van der Waals surface area contributed by atoms with Gasteiger partial charge in [-0.2, -0.15) is 0 Å². The number of likely N-dealkylation sites (N-methyl/N-ethyl adjacent to an activating group) is 1. The van der Waals surface area contributed by atoms with Crippen LogP contribution in [0, 0.1) is 27.7 Å². The van der Waals surface area contributed by atoms with Gasteiger partial charge in [-0.3, -0.25) is 9.69 Å². The molecule has 2 heteroatoms. The van der Waals surface area contributed by atoms with Crippen molar-refractivity contribution in [2.75, 3.05) is 13.6 Å². The molecule has 0 heterocycles. The predicted molar refractivity (Wildman–Crippen MR) is 72.4 cm³/mol. The van der Waals surface area contributed by atoms with Crippen molar-refractivity contribution in [3.8, 4) is 0 Å². The number of Topliss-reactive ketones (excluding diaryl/α,β-unsaturated/α-hetero) is 1. The predicted octanol–water partition coefficient (Wildman–Crippen LogP) is 2.94. The SMILES string of the molecule is CC(=O)CN(C)Cc1c(C)c(C)cc(C)c1C. The molecule has 2 nitrogen and oxygen atoms in total. The molecule has 0 aliphatic heterocycles. The van der Waals surface area contributed by atoms with E-state index in [9.17, 15) is 4.79 Å². The monoisotopic (exact) mass is 233 g/mol. The largest absolute Gasteiger partial charge is 0.299 e. The Bertz CT molecular complexity index is 409. The van der Waals surface area contributed by atoms with E-state index in [0.717, 1.165) is 6.54 Å². The number of benzene rings is 1. The van der Waals surface area contributed by atoms with Gasteiger partial charge in [0.25, 0.3) is 0 Å². The van der Waals surface area contributed by atoms with Crippen molar-refractivity contribution in [2.24, 2.45) is 0 Å². The fraction of sp³-hybridized carbons (Fsp3) is 0.533. The second-order valence-corrected chi connectivity index (χ2v) is 5.11. The number of rotatable bonds is 4. The van der Waals surface area contributed by atoms with Gasteiger partial charge in [-0.25, -0.2) is 0 Å². The summed E-state index contributed by atoms with van der Waals surface area (Å²) in [6.45, 7) is 11.6. The minimum atomic E-state index is 0.215. The van der Waals surface area contributed by atoms with E-state index in [2.05, 4.69) is 38.7 Å². The molecule has 0 unspecified atom stereocenters. The Hall–Kier alpha value is -1.15. The smallest absolute Gasteiger partial charge is 0.143 e. The Kier molecular flexibility index (Phi) is 4.47. The van der Waals surface area contributed by atoms with Gasteiger partial charge in [0, 0.05) is 6.54 Å². The number of carbonyl (C=O) groups is 1. The second-order valence-electron chi connectivity index (χ2n) is 5.11. The first-order valence-electron chi connectivity index (χ1n) is 6.07. The van der Waals surface area contributed by atoms with E-state index in [4.69, 9.17) is 0 Å². The highest BCUT2D eigenvalue weighted by molar-refractivity contribution is 5.77. The van der Waals surface area contributed by atoms with Gasteiger partial charge in [0.05, 0.1) is 6.54 Å². The molecule has 17 heavy (non-hydrogen) atoms. The molecule has 0 spiro atoms. The highest BCUT2D eigenvalue weighted by atomic mass is 16.1. The lowest BCUT2D eigenvalue weighted by Crippen LogP contribution is -2.25. The van der Waals surface area contributed by atoms with Crippen LogP contribution in [0.1, 0.15) is 34.7 Å². The summed E-state index contributed by atoms with van der Waals surface area (Å²) in [4.78, 5) is 13.2. The standard InChI is InChI=1S/C15H23NO/c1-10-7-11(2)14(5)15(13(10)4)9-16(6)8-12(3)17/h7H,8-9H2,1-6H3. The summed E-state index contributed by atoms with van der Waals surface area (Å²) in [5.41, 5.74) is 6.73. The fourth-order valence-electron chi connectivity index (χ4n) is 2.24. The molecule has 0 aliphatic rings. The molecule has 1 rings (SSSR count). The van der Waals surface area contributed by atoms with Crippen molar-refractivity contribution in [1.29, 1.82) is 0 Å². The minimum absolute atomic E-state index is 0.215. The Morgan fingerprint density at radius 3 is 2.00 bits per heavy atom. The molecular formula is C15H23NO. The van der Waals surface area contributed by atoms with Crippen LogP contribution in [-0.2, 0) is 11.3 Å². The number of hydrogen-bond donors (Lipinski definition) is 0. The van der Waals surface area contributed by atoms with Gasteiger partial charge in [-0.15, -0.1) is 0 Å². The van der Waals surface area contributed by atoms with E-state index in [-0.39, 0.29) is 5.78 Å². The van der Waals surface area contributed by atoms with Crippen molar-refractivity contribution < 1.29 is 4.79 Å². The zero-order chi connectivity index (χ0) is 13.2. The Morgan fingerprint density at radius 2 is 1.59 bits per heavy atom. The average molecular weight is 233 g/mol. The number of aryl methyl sites for hydroxylation is 2. The highest BCUT2D eigenvalue weighted by Gasteiger charge is 2.11. The van der Waals surface area contributed by atoms with Crippen LogP contribution in [0.2, 0.25) is 0 Å². The molecule has 94 valence electrons. The van der Waals surface area contributed by atoms with Crippen LogP contribution in [-0.4, -0.2) is 24.3 Å². The van der Waals surface area contributed by atoms with Gasteiger partial charge in [-0.1, -0.05) is 6.07 Å². The Labute approximate surface area is 105 Å². The van der Waals surface area contributed by atoms with Crippen LogP contribution in [0.5, 0.6) is 0 Å². The quantitative estimate of drug-likeness (QED) is 0.797. The summed E-state index contributed by atoms with van der Waals surface area (Å²) < 4.78 is 0.